The van der Waals surface area contributed by atoms with E-state index in [9.17, 15) is 9.59 Å². The minimum absolute atomic E-state index is 0.0120. The first-order valence-corrected chi connectivity index (χ1v) is 6.81. The van der Waals surface area contributed by atoms with Crippen LogP contribution in [0.3, 0.4) is 0 Å². The van der Waals surface area contributed by atoms with Gasteiger partial charge in [0.1, 0.15) is 5.75 Å². The van der Waals surface area contributed by atoms with Gasteiger partial charge in [0.2, 0.25) is 0 Å². The molecule has 0 heterocycles. The molecule has 0 fully saturated rings. The second-order valence-electron chi connectivity index (χ2n) is 4.90. The minimum atomic E-state index is -0.690. The van der Waals surface area contributed by atoms with E-state index in [1.54, 1.807) is 18.2 Å². The molecule has 0 aliphatic heterocycles. The maximum atomic E-state index is 11.8. The number of carbonyl (C=O) groups excluding carboxylic acids is 2. The first-order chi connectivity index (χ1) is 9.43. The summed E-state index contributed by atoms with van der Waals surface area (Å²) in [5.74, 6) is -0.781. The molecule has 0 saturated heterocycles. The molecule has 20 heavy (non-hydrogen) atoms. The summed E-state index contributed by atoms with van der Waals surface area (Å²) in [5, 5.41) is 5.19. The number of benzene rings is 1. The molecule has 0 aromatic heterocycles. The summed E-state index contributed by atoms with van der Waals surface area (Å²) in [6.07, 6.45) is 0.758. The van der Waals surface area contributed by atoms with Gasteiger partial charge >= 0.3 is 11.8 Å². The normalized spacial score (nSPS) is 11.8. The van der Waals surface area contributed by atoms with Crippen molar-refractivity contribution in [1.29, 1.82) is 0 Å². The van der Waals surface area contributed by atoms with Crippen molar-refractivity contribution in [2.45, 2.75) is 46.3 Å². The lowest BCUT2D eigenvalue weighted by Crippen LogP contribution is -2.40. The van der Waals surface area contributed by atoms with Crippen LogP contribution in [0.25, 0.3) is 0 Å². The van der Waals surface area contributed by atoms with Gasteiger partial charge in [-0.1, -0.05) is 19.1 Å². The number of ether oxygens (including phenoxy) is 1. The topological polar surface area (TPSA) is 67.4 Å². The molecule has 1 atom stereocenters. The van der Waals surface area contributed by atoms with Crippen molar-refractivity contribution in [1.82, 2.24) is 5.32 Å². The van der Waals surface area contributed by atoms with Gasteiger partial charge < -0.3 is 15.4 Å². The quantitative estimate of drug-likeness (QED) is 0.812. The third kappa shape index (κ3) is 4.91. The molecule has 0 aliphatic carbocycles. The first-order valence-electron chi connectivity index (χ1n) is 6.81. The van der Waals surface area contributed by atoms with Gasteiger partial charge in [0.25, 0.3) is 0 Å². The van der Waals surface area contributed by atoms with Crippen LogP contribution in [-0.4, -0.2) is 24.0 Å². The Bertz CT molecular complexity index is 472. The number of nitrogens with one attached hydrogen (secondary N) is 2. The van der Waals surface area contributed by atoms with E-state index in [0.29, 0.717) is 11.4 Å². The van der Waals surface area contributed by atoms with Crippen molar-refractivity contribution in [3.05, 3.63) is 24.3 Å². The number of anilines is 1. The van der Waals surface area contributed by atoms with Gasteiger partial charge in [0.05, 0.1) is 11.8 Å². The summed E-state index contributed by atoms with van der Waals surface area (Å²) >= 11 is 0. The molecule has 5 nitrogen and oxygen atoms in total. The van der Waals surface area contributed by atoms with Crippen molar-refractivity contribution in [2.75, 3.05) is 5.32 Å². The maximum Gasteiger partial charge on any atom is 0.313 e. The number of hydrogen-bond donors (Lipinski definition) is 2. The Morgan fingerprint density at radius 1 is 1.15 bits per heavy atom. The smallest absolute Gasteiger partial charge is 0.313 e. The summed E-state index contributed by atoms with van der Waals surface area (Å²) in [7, 11) is 0. The van der Waals surface area contributed by atoms with Crippen molar-refractivity contribution in [2.24, 2.45) is 0 Å². The molecule has 0 radical (unpaired) electrons. The third-order valence-corrected chi connectivity index (χ3v) is 2.69. The van der Waals surface area contributed by atoms with Crippen LogP contribution in [0, 0.1) is 0 Å². The van der Waals surface area contributed by atoms with Crippen LogP contribution in [0.4, 0.5) is 5.69 Å². The predicted octanol–water partition coefficient (Wildman–Crippen LogP) is 2.33. The van der Waals surface area contributed by atoms with E-state index in [2.05, 4.69) is 10.6 Å². The highest BCUT2D eigenvalue weighted by atomic mass is 16.5. The second-order valence-corrected chi connectivity index (χ2v) is 4.90. The molecule has 0 saturated carbocycles. The Hall–Kier alpha value is -2.04. The largest absolute Gasteiger partial charge is 0.489 e. The number of carbonyl (C=O) groups is 2. The highest BCUT2D eigenvalue weighted by Crippen LogP contribution is 2.24. The van der Waals surface area contributed by atoms with Crippen molar-refractivity contribution >= 4 is 17.5 Å². The van der Waals surface area contributed by atoms with Gasteiger partial charge in [-0.3, -0.25) is 9.59 Å². The molecule has 0 spiro atoms. The molecule has 5 heteroatoms. The van der Waals surface area contributed by atoms with Gasteiger partial charge in [-0.2, -0.15) is 0 Å². The summed E-state index contributed by atoms with van der Waals surface area (Å²) in [5.41, 5.74) is 0.491. The summed E-state index contributed by atoms with van der Waals surface area (Å²) in [4.78, 5) is 23.5. The van der Waals surface area contributed by atoms with E-state index in [-0.39, 0.29) is 12.1 Å². The van der Waals surface area contributed by atoms with Gasteiger partial charge in [0, 0.05) is 6.04 Å². The molecule has 2 amide bonds. The standard InChI is InChI=1S/C15H22N2O3/c1-5-11(4)16-14(18)15(19)17-12-8-6-7-9-13(12)20-10(2)3/h6-11H,5H2,1-4H3,(H,16,18)(H,17,19). The molecular weight excluding hydrogens is 256 g/mol. The predicted molar refractivity (Wildman–Crippen MR) is 78.7 cm³/mol. The summed E-state index contributed by atoms with van der Waals surface area (Å²) in [6.45, 7) is 7.58. The number of amides is 2. The lowest BCUT2D eigenvalue weighted by molar-refractivity contribution is -0.136. The van der Waals surface area contributed by atoms with Gasteiger partial charge in [-0.15, -0.1) is 0 Å². The molecule has 0 bridgehead atoms. The van der Waals surface area contributed by atoms with Crippen LogP contribution in [0.2, 0.25) is 0 Å². The highest BCUT2D eigenvalue weighted by molar-refractivity contribution is 6.39. The molecule has 1 aromatic rings. The zero-order chi connectivity index (χ0) is 15.1. The molecule has 2 N–H and O–H groups in total. The van der Waals surface area contributed by atoms with E-state index in [1.165, 1.54) is 0 Å². The van der Waals surface area contributed by atoms with Crippen LogP contribution in [0.1, 0.15) is 34.1 Å². The number of hydrogen-bond acceptors (Lipinski definition) is 3. The fourth-order valence-electron chi connectivity index (χ4n) is 1.50. The third-order valence-electron chi connectivity index (χ3n) is 2.69. The molecule has 1 unspecified atom stereocenters. The zero-order valence-corrected chi connectivity index (χ0v) is 12.4. The van der Waals surface area contributed by atoms with Crippen molar-refractivity contribution in [3.63, 3.8) is 0 Å². The molecule has 1 aromatic carbocycles. The minimum Gasteiger partial charge on any atom is -0.489 e. The lowest BCUT2D eigenvalue weighted by atomic mass is 10.2. The maximum absolute atomic E-state index is 11.8. The fourth-order valence-corrected chi connectivity index (χ4v) is 1.50. The van der Waals surface area contributed by atoms with E-state index in [4.69, 9.17) is 4.74 Å². The average molecular weight is 278 g/mol. The summed E-state index contributed by atoms with van der Waals surface area (Å²) < 4.78 is 5.58. The van der Waals surface area contributed by atoms with Gasteiger partial charge in [-0.05, 0) is 39.3 Å². The van der Waals surface area contributed by atoms with Gasteiger partial charge in [-0.25, -0.2) is 0 Å². The van der Waals surface area contributed by atoms with Crippen LogP contribution >= 0.6 is 0 Å². The Morgan fingerprint density at radius 3 is 2.40 bits per heavy atom. The van der Waals surface area contributed by atoms with Gasteiger partial charge in [0.15, 0.2) is 0 Å². The Balaban J connectivity index is 2.73. The molecule has 1 rings (SSSR count). The number of para-hydroxylation sites is 2. The zero-order valence-electron chi connectivity index (χ0n) is 12.4. The lowest BCUT2D eigenvalue weighted by Gasteiger charge is -2.15. The Kier molecular flexibility index (Phi) is 6.03. The van der Waals surface area contributed by atoms with Crippen LogP contribution in [0.5, 0.6) is 5.75 Å². The van der Waals surface area contributed by atoms with Crippen LogP contribution in [0.15, 0.2) is 24.3 Å². The van der Waals surface area contributed by atoms with Crippen molar-refractivity contribution < 1.29 is 14.3 Å². The molecule has 110 valence electrons. The summed E-state index contributed by atoms with van der Waals surface area (Å²) in [6, 6.07) is 7.01. The van der Waals surface area contributed by atoms with E-state index < -0.39 is 11.8 Å². The van der Waals surface area contributed by atoms with Crippen LogP contribution in [-0.2, 0) is 9.59 Å². The van der Waals surface area contributed by atoms with E-state index >= 15 is 0 Å². The van der Waals surface area contributed by atoms with Crippen molar-refractivity contribution in [3.8, 4) is 5.75 Å². The number of rotatable bonds is 5. The van der Waals surface area contributed by atoms with E-state index in [0.717, 1.165) is 6.42 Å². The second kappa shape index (κ2) is 7.53. The van der Waals surface area contributed by atoms with Crippen LogP contribution < -0.4 is 15.4 Å². The molecule has 0 aliphatic rings. The SMILES string of the molecule is CCC(C)NC(=O)C(=O)Nc1ccccc1OC(C)C. The Morgan fingerprint density at radius 2 is 1.80 bits per heavy atom. The fraction of sp³-hybridized carbons (Fsp3) is 0.467. The average Bonchev–Trinajstić information content (AvgIpc) is 2.40. The highest BCUT2D eigenvalue weighted by Gasteiger charge is 2.17. The molecular formula is C15H22N2O3. The first kappa shape index (κ1) is 16.0. The monoisotopic (exact) mass is 278 g/mol. The van der Waals surface area contributed by atoms with E-state index in [1.807, 2.05) is 33.8 Å². The Labute approximate surface area is 119 Å².